The Hall–Kier alpha value is -2.89. The highest BCUT2D eigenvalue weighted by Gasteiger charge is 2.06. The van der Waals surface area contributed by atoms with Crippen molar-refractivity contribution in [3.05, 3.63) is 48.5 Å². The molecule has 0 aromatic heterocycles. The van der Waals surface area contributed by atoms with Crippen LogP contribution in [0.4, 0.5) is 5.69 Å². The molecule has 0 radical (unpaired) electrons. The Morgan fingerprint density at radius 3 is 2.44 bits per heavy atom. The highest BCUT2D eigenvalue weighted by molar-refractivity contribution is 5.93. The summed E-state index contributed by atoms with van der Waals surface area (Å²) >= 11 is 0. The third kappa shape index (κ3) is 5.91. The van der Waals surface area contributed by atoms with Gasteiger partial charge in [-0.1, -0.05) is 18.2 Å². The number of nitrogens with zero attached hydrogens (tertiary/aromatic N) is 1. The van der Waals surface area contributed by atoms with Crippen LogP contribution in [0.5, 0.6) is 17.2 Å². The van der Waals surface area contributed by atoms with Crippen molar-refractivity contribution in [2.24, 2.45) is 4.99 Å². The lowest BCUT2D eigenvalue weighted by Crippen LogP contribution is -2.32. The molecule has 0 aliphatic heterocycles. The molecule has 0 fully saturated rings. The molecular weight excluding hydrogens is 318 g/mol. The summed E-state index contributed by atoms with van der Waals surface area (Å²) in [5, 5.41) is 6.48. The molecule has 6 nitrogen and oxygen atoms in total. The van der Waals surface area contributed by atoms with E-state index in [2.05, 4.69) is 15.6 Å². The predicted octanol–water partition coefficient (Wildman–Crippen LogP) is 3.16. The zero-order valence-electron chi connectivity index (χ0n) is 14.9. The smallest absolute Gasteiger partial charge is 0.195 e. The summed E-state index contributed by atoms with van der Waals surface area (Å²) in [6, 6.07) is 15.4. The largest absolute Gasteiger partial charge is 0.494 e. The summed E-state index contributed by atoms with van der Waals surface area (Å²) in [4.78, 5) is 4.22. The first kappa shape index (κ1) is 18.4. The molecule has 0 saturated carbocycles. The van der Waals surface area contributed by atoms with Crippen LogP contribution in [-0.2, 0) is 0 Å². The van der Waals surface area contributed by atoms with Crippen molar-refractivity contribution in [2.75, 3.05) is 39.7 Å². The topological polar surface area (TPSA) is 64.1 Å². The molecule has 0 aliphatic rings. The van der Waals surface area contributed by atoms with Crippen LogP contribution in [-0.4, -0.2) is 40.4 Å². The maximum atomic E-state index is 5.66. The van der Waals surface area contributed by atoms with E-state index >= 15 is 0 Å². The van der Waals surface area contributed by atoms with Crippen LogP contribution in [0, 0.1) is 0 Å². The number of nitrogens with one attached hydrogen (secondary N) is 2. The Morgan fingerprint density at radius 2 is 1.76 bits per heavy atom. The van der Waals surface area contributed by atoms with Gasteiger partial charge in [-0.05, 0) is 30.7 Å². The number of para-hydroxylation sites is 1. The first-order valence-electron chi connectivity index (χ1n) is 8.14. The molecule has 2 N–H and O–H groups in total. The van der Waals surface area contributed by atoms with Gasteiger partial charge in [0, 0.05) is 25.3 Å². The van der Waals surface area contributed by atoms with Crippen LogP contribution in [0.1, 0.15) is 6.42 Å². The molecule has 0 bridgehead atoms. The molecule has 134 valence electrons. The van der Waals surface area contributed by atoms with Gasteiger partial charge in [0.1, 0.15) is 5.75 Å². The van der Waals surface area contributed by atoms with Crippen molar-refractivity contribution in [2.45, 2.75) is 6.42 Å². The van der Waals surface area contributed by atoms with Gasteiger partial charge in [0.05, 0.1) is 20.8 Å². The summed E-state index contributed by atoms with van der Waals surface area (Å²) in [7, 11) is 4.96. The van der Waals surface area contributed by atoms with E-state index in [1.54, 1.807) is 21.3 Å². The molecule has 2 rings (SSSR count). The molecule has 6 heteroatoms. The zero-order valence-corrected chi connectivity index (χ0v) is 14.9. The fourth-order valence-electron chi connectivity index (χ4n) is 2.22. The number of ether oxygens (including phenoxy) is 3. The lowest BCUT2D eigenvalue weighted by Gasteiger charge is -2.14. The number of hydrogen-bond acceptors (Lipinski definition) is 4. The molecule has 0 heterocycles. The molecule has 0 spiro atoms. The number of benzene rings is 2. The Balaban J connectivity index is 1.77. The van der Waals surface area contributed by atoms with Crippen LogP contribution in [0.3, 0.4) is 0 Å². The van der Waals surface area contributed by atoms with Crippen LogP contribution < -0.4 is 24.8 Å². The molecule has 2 aromatic rings. The average molecular weight is 343 g/mol. The second-order valence-electron chi connectivity index (χ2n) is 5.21. The molecule has 0 aliphatic carbocycles. The summed E-state index contributed by atoms with van der Waals surface area (Å²) in [5.74, 6) is 2.93. The minimum atomic E-state index is 0.643. The van der Waals surface area contributed by atoms with E-state index < -0.39 is 0 Å². The minimum absolute atomic E-state index is 0.643. The molecular formula is C19H25N3O3. The van der Waals surface area contributed by atoms with Crippen molar-refractivity contribution in [3.63, 3.8) is 0 Å². The van der Waals surface area contributed by atoms with Crippen molar-refractivity contribution in [1.29, 1.82) is 0 Å². The number of methoxy groups -OCH3 is 2. The highest BCUT2D eigenvalue weighted by Crippen LogP contribution is 2.29. The van der Waals surface area contributed by atoms with Gasteiger partial charge in [0.25, 0.3) is 0 Å². The first-order valence-corrected chi connectivity index (χ1v) is 8.14. The molecule has 25 heavy (non-hydrogen) atoms. The number of aliphatic imine (C=N–C) groups is 1. The molecule has 2 aromatic carbocycles. The van der Waals surface area contributed by atoms with E-state index in [9.17, 15) is 0 Å². The van der Waals surface area contributed by atoms with E-state index in [-0.39, 0.29) is 0 Å². The second kappa shape index (κ2) is 10.1. The van der Waals surface area contributed by atoms with E-state index in [0.717, 1.165) is 24.4 Å². The number of anilines is 1. The normalized spacial score (nSPS) is 10.9. The van der Waals surface area contributed by atoms with E-state index in [1.165, 1.54) is 0 Å². The molecule has 0 unspecified atom stereocenters. The summed E-state index contributed by atoms with van der Waals surface area (Å²) in [5.41, 5.74) is 0.867. The van der Waals surface area contributed by atoms with Gasteiger partial charge in [0.15, 0.2) is 17.5 Å². The quantitative estimate of drug-likeness (QED) is 0.438. The van der Waals surface area contributed by atoms with Crippen molar-refractivity contribution in [3.8, 4) is 17.2 Å². The Morgan fingerprint density at radius 1 is 1.00 bits per heavy atom. The molecule has 0 amide bonds. The summed E-state index contributed by atoms with van der Waals surface area (Å²) in [6.07, 6.45) is 0.863. The summed E-state index contributed by atoms with van der Waals surface area (Å²) in [6.45, 7) is 1.39. The third-order valence-electron chi connectivity index (χ3n) is 3.50. The maximum Gasteiger partial charge on any atom is 0.195 e. The van der Waals surface area contributed by atoms with Gasteiger partial charge in [-0.2, -0.15) is 0 Å². The average Bonchev–Trinajstić information content (AvgIpc) is 2.67. The number of hydrogen-bond donors (Lipinski definition) is 2. The lowest BCUT2D eigenvalue weighted by molar-refractivity contribution is 0.311. The maximum absolute atomic E-state index is 5.66. The second-order valence-corrected chi connectivity index (χ2v) is 5.21. The van der Waals surface area contributed by atoms with Gasteiger partial charge in [-0.15, -0.1) is 0 Å². The van der Waals surface area contributed by atoms with Gasteiger partial charge < -0.3 is 24.8 Å². The van der Waals surface area contributed by atoms with Crippen LogP contribution in [0.2, 0.25) is 0 Å². The van der Waals surface area contributed by atoms with Gasteiger partial charge in [-0.25, -0.2) is 0 Å². The Labute approximate surface area is 148 Å². The predicted molar refractivity (Wildman–Crippen MR) is 101 cm³/mol. The zero-order chi connectivity index (χ0) is 17.9. The van der Waals surface area contributed by atoms with E-state index in [4.69, 9.17) is 14.2 Å². The van der Waals surface area contributed by atoms with Gasteiger partial charge in [-0.3, -0.25) is 4.99 Å². The SMILES string of the molecule is CN=C(NCCCOc1ccccc1)Nc1ccc(OC)c(OC)c1. The molecule has 0 atom stereocenters. The fraction of sp³-hybridized carbons (Fsp3) is 0.316. The Bertz CT molecular complexity index is 675. The Kier molecular flexibility index (Phi) is 7.43. The van der Waals surface area contributed by atoms with Gasteiger partial charge >= 0.3 is 0 Å². The molecule has 0 saturated heterocycles. The van der Waals surface area contributed by atoms with E-state index in [1.807, 2.05) is 48.5 Å². The highest BCUT2D eigenvalue weighted by atomic mass is 16.5. The van der Waals surface area contributed by atoms with Crippen LogP contribution in [0.25, 0.3) is 0 Å². The summed E-state index contributed by atoms with van der Waals surface area (Å²) < 4.78 is 16.2. The first-order chi connectivity index (χ1) is 12.3. The lowest BCUT2D eigenvalue weighted by atomic mass is 10.3. The van der Waals surface area contributed by atoms with Crippen LogP contribution >= 0.6 is 0 Å². The van der Waals surface area contributed by atoms with Crippen molar-refractivity contribution < 1.29 is 14.2 Å². The monoisotopic (exact) mass is 343 g/mol. The van der Waals surface area contributed by atoms with Crippen LogP contribution in [0.15, 0.2) is 53.5 Å². The minimum Gasteiger partial charge on any atom is -0.494 e. The van der Waals surface area contributed by atoms with Crippen molar-refractivity contribution in [1.82, 2.24) is 5.32 Å². The number of guanidine groups is 1. The third-order valence-corrected chi connectivity index (χ3v) is 3.50. The number of rotatable bonds is 8. The van der Waals surface area contributed by atoms with Crippen molar-refractivity contribution >= 4 is 11.6 Å². The fourth-order valence-corrected chi connectivity index (χ4v) is 2.22. The standard InChI is InChI=1S/C19H25N3O3/c1-20-19(21-12-7-13-25-16-8-5-4-6-9-16)22-15-10-11-17(23-2)18(14-15)24-3/h4-6,8-11,14H,7,12-13H2,1-3H3,(H2,20,21,22). The van der Waals surface area contributed by atoms with E-state index in [0.29, 0.717) is 24.1 Å². The van der Waals surface area contributed by atoms with Gasteiger partial charge in [0.2, 0.25) is 0 Å².